The summed E-state index contributed by atoms with van der Waals surface area (Å²) in [5.41, 5.74) is 2.42. The maximum Gasteiger partial charge on any atom is 0.298 e. The maximum atomic E-state index is 14.6. The van der Waals surface area contributed by atoms with E-state index in [0.717, 1.165) is 48.3 Å². The number of methoxy groups -OCH3 is 1. The molecular formula is C31H29FN4O4. The molecule has 1 aliphatic heterocycles. The Hall–Kier alpha value is -4.58. The van der Waals surface area contributed by atoms with Gasteiger partial charge in [0.15, 0.2) is 11.5 Å². The first kappa shape index (κ1) is 25.7. The minimum atomic E-state index is -0.558. The van der Waals surface area contributed by atoms with E-state index in [-0.39, 0.29) is 29.4 Å². The lowest BCUT2D eigenvalue weighted by Crippen LogP contribution is -2.27. The van der Waals surface area contributed by atoms with Crippen LogP contribution in [0.4, 0.5) is 4.39 Å². The lowest BCUT2D eigenvalue weighted by molar-refractivity contribution is -0.124. The summed E-state index contributed by atoms with van der Waals surface area (Å²) < 4.78 is 33.8. The molecule has 2 aromatic carbocycles. The Labute approximate surface area is 231 Å². The second-order valence-electron chi connectivity index (χ2n) is 9.97. The number of likely N-dealkylation sites (tertiary alicyclic amines) is 1. The van der Waals surface area contributed by atoms with Crippen LogP contribution in [0.1, 0.15) is 44.3 Å². The first-order valence-electron chi connectivity index (χ1n) is 13.4. The van der Waals surface area contributed by atoms with Gasteiger partial charge < -0.3 is 19.1 Å². The van der Waals surface area contributed by atoms with E-state index in [1.807, 2.05) is 16.5 Å². The van der Waals surface area contributed by atoms with Crippen molar-refractivity contribution < 1.29 is 23.4 Å². The van der Waals surface area contributed by atoms with E-state index in [1.54, 1.807) is 54.5 Å². The van der Waals surface area contributed by atoms with Crippen LogP contribution in [0.3, 0.4) is 0 Å². The van der Waals surface area contributed by atoms with Crippen molar-refractivity contribution in [1.82, 2.24) is 19.3 Å². The van der Waals surface area contributed by atoms with Gasteiger partial charge in [0.05, 0.1) is 30.7 Å². The Morgan fingerprint density at radius 2 is 1.88 bits per heavy atom. The third-order valence-electron chi connectivity index (χ3n) is 7.46. The van der Waals surface area contributed by atoms with Gasteiger partial charge in [0.1, 0.15) is 17.7 Å². The fourth-order valence-electron chi connectivity index (χ4n) is 5.14. The lowest BCUT2D eigenvalue weighted by Gasteiger charge is -2.26. The number of amides is 1. The number of hydrogen-bond donors (Lipinski definition) is 0. The summed E-state index contributed by atoms with van der Waals surface area (Å²) in [7, 11) is 1.41. The zero-order chi connectivity index (χ0) is 27.6. The molecular weight excluding hydrogens is 511 g/mol. The molecule has 1 atom stereocenters. The quantitative estimate of drug-likeness (QED) is 0.284. The number of carbonyl (C=O) groups is 1. The zero-order valence-corrected chi connectivity index (χ0v) is 22.4. The van der Waals surface area contributed by atoms with Gasteiger partial charge in [0, 0.05) is 24.6 Å². The van der Waals surface area contributed by atoms with E-state index >= 15 is 0 Å². The SMILES string of the molecule is CC#CC(=O)N1CCC(c2nc(-c3ccc(Oc4cccc(OC)c4F)cc3)c3cncc(OC4CCC4)n23)C1. The zero-order valence-electron chi connectivity index (χ0n) is 22.4. The van der Waals surface area contributed by atoms with Gasteiger partial charge in [-0.3, -0.25) is 14.2 Å². The average molecular weight is 541 g/mol. The van der Waals surface area contributed by atoms with Crippen molar-refractivity contribution in [2.24, 2.45) is 0 Å². The molecule has 8 nitrogen and oxygen atoms in total. The van der Waals surface area contributed by atoms with Gasteiger partial charge in [-0.2, -0.15) is 4.39 Å². The molecule has 1 amide bonds. The minimum Gasteiger partial charge on any atom is -0.494 e. The number of hydrogen-bond acceptors (Lipinski definition) is 6. The number of nitrogens with zero attached hydrogens (tertiary/aromatic N) is 4. The van der Waals surface area contributed by atoms with E-state index in [2.05, 4.69) is 16.8 Å². The van der Waals surface area contributed by atoms with Gasteiger partial charge in [-0.1, -0.05) is 12.0 Å². The topological polar surface area (TPSA) is 78.2 Å². The molecule has 0 spiro atoms. The first-order valence-corrected chi connectivity index (χ1v) is 13.4. The molecule has 40 heavy (non-hydrogen) atoms. The number of rotatable bonds is 7. The van der Waals surface area contributed by atoms with Crippen molar-refractivity contribution in [1.29, 1.82) is 0 Å². The van der Waals surface area contributed by atoms with Gasteiger partial charge in [-0.05, 0) is 74.9 Å². The summed E-state index contributed by atoms with van der Waals surface area (Å²) in [6, 6.07) is 12.1. The summed E-state index contributed by atoms with van der Waals surface area (Å²) in [5.74, 6) is 6.81. The molecule has 0 N–H and O–H groups in total. The van der Waals surface area contributed by atoms with E-state index < -0.39 is 5.82 Å². The van der Waals surface area contributed by atoms with Gasteiger partial charge in [-0.25, -0.2) is 4.98 Å². The summed E-state index contributed by atoms with van der Waals surface area (Å²) in [4.78, 5) is 23.8. The standard InChI is InChI=1S/C31H29FN4O4/c1-3-6-27(37)35-16-15-21(19-35)31-34-30(24-17-33-18-28(36(24)31)40-22-7-4-8-22)20-11-13-23(14-12-20)39-26-10-5-9-25(38-2)29(26)32/h5,9-14,17-18,21-22H,4,7-8,15-16,19H2,1-2H3. The average Bonchev–Trinajstić information content (AvgIpc) is 3.58. The van der Waals surface area contributed by atoms with Crippen molar-refractivity contribution >= 4 is 11.4 Å². The van der Waals surface area contributed by atoms with Crippen molar-refractivity contribution in [3.05, 3.63) is 66.5 Å². The molecule has 2 fully saturated rings. The number of imidazole rings is 1. The van der Waals surface area contributed by atoms with Crippen molar-refractivity contribution in [3.8, 4) is 46.2 Å². The number of ether oxygens (including phenoxy) is 3. The largest absolute Gasteiger partial charge is 0.494 e. The second kappa shape index (κ2) is 10.9. The van der Waals surface area contributed by atoms with Crippen molar-refractivity contribution in [2.75, 3.05) is 20.2 Å². The van der Waals surface area contributed by atoms with Crippen LogP contribution in [0.2, 0.25) is 0 Å². The van der Waals surface area contributed by atoms with Crippen molar-refractivity contribution in [2.45, 2.75) is 44.6 Å². The van der Waals surface area contributed by atoms with Crippen LogP contribution in [-0.2, 0) is 4.79 Å². The highest BCUT2D eigenvalue weighted by molar-refractivity contribution is 5.93. The van der Waals surface area contributed by atoms with E-state index in [4.69, 9.17) is 19.2 Å². The highest BCUT2D eigenvalue weighted by atomic mass is 19.1. The van der Waals surface area contributed by atoms with Gasteiger partial charge in [0.25, 0.3) is 5.91 Å². The normalized spacial score (nSPS) is 16.8. The Morgan fingerprint density at radius 1 is 1.07 bits per heavy atom. The van der Waals surface area contributed by atoms with Gasteiger partial charge in [-0.15, -0.1) is 0 Å². The van der Waals surface area contributed by atoms with Crippen LogP contribution in [-0.4, -0.2) is 51.5 Å². The lowest BCUT2D eigenvalue weighted by atomic mass is 9.96. The minimum absolute atomic E-state index is 0.0219. The fraction of sp³-hybridized carbons (Fsp3) is 0.323. The molecule has 1 aliphatic carbocycles. The molecule has 2 aliphatic rings. The second-order valence-corrected chi connectivity index (χ2v) is 9.97. The fourth-order valence-corrected chi connectivity index (χ4v) is 5.14. The van der Waals surface area contributed by atoms with Crippen LogP contribution < -0.4 is 14.2 Å². The third kappa shape index (κ3) is 4.81. The number of benzene rings is 2. The Balaban J connectivity index is 1.35. The smallest absolute Gasteiger partial charge is 0.298 e. The molecule has 2 aromatic heterocycles. The Kier molecular flexibility index (Phi) is 6.99. The van der Waals surface area contributed by atoms with Crippen LogP contribution in [0.15, 0.2) is 54.9 Å². The van der Waals surface area contributed by atoms with Crippen LogP contribution in [0.25, 0.3) is 16.8 Å². The number of halogens is 1. The van der Waals surface area contributed by atoms with Gasteiger partial charge in [0.2, 0.25) is 11.7 Å². The molecule has 204 valence electrons. The highest BCUT2D eigenvalue weighted by Gasteiger charge is 2.32. The van der Waals surface area contributed by atoms with Crippen LogP contribution in [0, 0.1) is 17.7 Å². The number of fused-ring (bicyclic) bond motifs is 1. The molecule has 1 saturated carbocycles. The summed E-state index contributed by atoms with van der Waals surface area (Å²) in [6.07, 6.45) is 7.66. The summed E-state index contributed by atoms with van der Waals surface area (Å²) >= 11 is 0. The number of carbonyl (C=O) groups excluding carboxylic acids is 1. The van der Waals surface area contributed by atoms with E-state index in [0.29, 0.717) is 24.7 Å². The molecule has 6 rings (SSSR count). The molecule has 9 heteroatoms. The van der Waals surface area contributed by atoms with Gasteiger partial charge >= 0.3 is 0 Å². The summed E-state index contributed by atoms with van der Waals surface area (Å²) in [6.45, 7) is 2.83. The molecule has 0 bridgehead atoms. The predicted molar refractivity (Wildman–Crippen MR) is 147 cm³/mol. The molecule has 1 unspecified atom stereocenters. The van der Waals surface area contributed by atoms with E-state index in [9.17, 15) is 9.18 Å². The highest BCUT2D eigenvalue weighted by Crippen LogP contribution is 2.37. The predicted octanol–water partition coefficient (Wildman–Crippen LogP) is 5.61. The summed E-state index contributed by atoms with van der Waals surface area (Å²) in [5, 5.41) is 0. The molecule has 1 saturated heterocycles. The molecule has 0 radical (unpaired) electrons. The van der Waals surface area contributed by atoms with E-state index in [1.165, 1.54) is 7.11 Å². The molecule has 4 aromatic rings. The van der Waals surface area contributed by atoms with Crippen LogP contribution in [0.5, 0.6) is 23.1 Å². The Morgan fingerprint density at radius 3 is 2.60 bits per heavy atom. The monoisotopic (exact) mass is 540 g/mol. The number of aromatic nitrogens is 3. The Bertz CT molecular complexity index is 1620. The van der Waals surface area contributed by atoms with Crippen LogP contribution >= 0.6 is 0 Å². The maximum absolute atomic E-state index is 14.6. The third-order valence-corrected chi connectivity index (χ3v) is 7.46. The first-order chi connectivity index (χ1) is 19.6. The molecule has 3 heterocycles. The van der Waals surface area contributed by atoms with Crippen molar-refractivity contribution in [3.63, 3.8) is 0 Å².